The van der Waals surface area contributed by atoms with Crippen LogP contribution < -0.4 is 0 Å². The van der Waals surface area contributed by atoms with Gasteiger partial charge in [0.2, 0.25) is 5.65 Å². The second kappa shape index (κ2) is 4.76. The van der Waals surface area contributed by atoms with Crippen molar-refractivity contribution in [1.82, 2.24) is 29.8 Å². The molecule has 9 nitrogen and oxygen atoms in total. The Hall–Kier alpha value is -2.71. The summed E-state index contributed by atoms with van der Waals surface area (Å²) in [4.78, 5) is 30.0. The van der Waals surface area contributed by atoms with Crippen molar-refractivity contribution in [2.24, 2.45) is 0 Å². The van der Waals surface area contributed by atoms with Crippen LogP contribution in [0, 0.1) is 0 Å². The number of hydrogen-bond donors (Lipinski definition) is 1. The molecule has 0 aromatic carbocycles. The van der Waals surface area contributed by atoms with Crippen LogP contribution in [0.4, 0.5) is 9.59 Å². The molecule has 3 heterocycles. The Balaban J connectivity index is 1.78. The van der Waals surface area contributed by atoms with Crippen LogP contribution in [0.5, 0.6) is 0 Å². The first kappa shape index (κ1) is 12.3. The number of hydrogen-bond acceptors (Lipinski definition) is 5. The molecule has 2 aromatic rings. The Morgan fingerprint density at radius 1 is 1.15 bits per heavy atom. The fourth-order valence-corrected chi connectivity index (χ4v) is 2.13. The second-order valence-electron chi connectivity index (χ2n) is 4.39. The van der Waals surface area contributed by atoms with E-state index in [1.54, 1.807) is 23.2 Å². The normalized spacial score (nSPS) is 15.6. The van der Waals surface area contributed by atoms with Gasteiger partial charge in [0.15, 0.2) is 0 Å². The van der Waals surface area contributed by atoms with Crippen molar-refractivity contribution in [2.45, 2.75) is 0 Å². The number of nitrogens with zero attached hydrogens (tertiary/aromatic N) is 6. The third kappa shape index (κ3) is 2.02. The molecular weight excluding hydrogens is 264 g/mol. The molecule has 2 amide bonds. The minimum Gasteiger partial charge on any atom is -0.465 e. The molecule has 1 fully saturated rings. The number of carbonyl (C=O) groups excluding carboxylic acids is 1. The van der Waals surface area contributed by atoms with Crippen LogP contribution in [-0.4, -0.2) is 73.2 Å². The maximum absolute atomic E-state index is 12.3. The molecule has 0 bridgehead atoms. The number of aromatic nitrogens is 4. The van der Waals surface area contributed by atoms with E-state index in [-0.39, 0.29) is 6.03 Å². The van der Waals surface area contributed by atoms with E-state index in [1.165, 1.54) is 9.58 Å². The smallest absolute Gasteiger partial charge is 0.407 e. The Bertz CT molecular complexity index is 661. The molecule has 2 aromatic heterocycles. The molecule has 104 valence electrons. The van der Waals surface area contributed by atoms with Gasteiger partial charge in [-0.2, -0.15) is 4.68 Å². The van der Waals surface area contributed by atoms with E-state index in [4.69, 9.17) is 5.11 Å². The van der Waals surface area contributed by atoms with Crippen LogP contribution in [0.15, 0.2) is 18.3 Å². The van der Waals surface area contributed by atoms with Crippen molar-refractivity contribution in [1.29, 1.82) is 0 Å². The zero-order valence-corrected chi connectivity index (χ0v) is 10.5. The van der Waals surface area contributed by atoms with Gasteiger partial charge in [-0.15, -0.1) is 5.10 Å². The minimum atomic E-state index is -0.965. The number of rotatable bonds is 0. The van der Waals surface area contributed by atoms with E-state index in [9.17, 15) is 9.59 Å². The van der Waals surface area contributed by atoms with Crippen LogP contribution in [-0.2, 0) is 0 Å². The predicted molar refractivity (Wildman–Crippen MR) is 67.3 cm³/mol. The Labute approximate surface area is 113 Å². The summed E-state index contributed by atoms with van der Waals surface area (Å²) in [5.41, 5.74) is 0.947. The molecule has 0 saturated carbocycles. The van der Waals surface area contributed by atoms with Gasteiger partial charge in [-0.3, -0.25) is 0 Å². The largest absolute Gasteiger partial charge is 0.465 e. The third-order valence-electron chi connectivity index (χ3n) is 3.23. The summed E-state index contributed by atoms with van der Waals surface area (Å²) in [6, 6.07) is 3.11. The second-order valence-corrected chi connectivity index (χ2v) is 4.39. The molecule has 0 radical (unpaired) electrons. The zero-order valence-electron chi connectivity index (χ0n) is 10.5. The molecule has 1 N–H and O–H groups in total. The van der Waals surface area contributed by atoms with Gasteiger partial charge < -0.3 is 14.9 Å². The topological polar surface area (TPSA) is 104 Å². The Kier molecular flexibility index (Phi) is 2.93. The van der Waals surface area contributed by atoms with Crippen molar-refractivity contribution in [2.75, 3.05) is 26.2 Å². The number of piperazine rings is 1. The van der Waals surface area contributed by atoms with Gasteiger partial charge in [0.25, 0.3) is 0 Å². The summed E-state index contributed by atoms with van der Waals surface area (Å²) in [6.45, 7) is 1.28. The lowest BCUT2D eigenvalue weighted by atomic mass is 10.3. The molecule has 3 rings (SSSR count). The Morgan fingerprint density at radius 2 is 1.85 bits per heavy atom. The van der Waals surface area contributed by atoms with Gasteiger partial charge in [-0.25, -0.2) is 14.6 Å². The van der Waals surface area contributed by atoms with E-state index in [0.717, 1.165) is 0 Å². The summed E-state index contributed by atoms with van der Waals surface area (Å²) in [5.74, 6) is 0. The number of amides is 2. The van der Waals surface area contributed by atoms with Crippen LogP contribution in [0.2, 0.25) is 0 Å². The highest BCUT2D eigenvalue weighted by atomic mass is 16.4. The van der Waals surface area contributed by atoms with Crippen LogP contribution in [0.1, 0.15) is 0 Å². The summed E-state index contributed by atoms with van der Waals surface area (Å²) < 4.78 is 1.19. The van der Waals surface area contributed by atoms with Gasteiger partial charge in [-0.1, -0.05) is 5.21 Å². The molecule has 1 aliphatic rings. The van der Waals surface area contributed by atoms with Crippen LogP contribution >= 0.6 is 0 Å². The van der Waals surface area contributed by atoms with Gasteiger partial charge in [0, 0.05) is 32.4 Å². The fraction of sp³-hybridized carbons (Fsp3) is 0.364. The van der Waals surface area contributed by atoms with E-state index < -0.39 is 6.09 Å². The van der Waals surface area contributed by atoms with E-state index >= 15 is 0 Å². The van der Waals surface area contributed by atoms with Crippen molar-refractivity contribution < 1.29 is 14.7 Å². The van der Waals surface area contributed by atoms with Crippen molar-refractivity contribution in [3.05, 3.63) is 18.3 Å². The molecule has 1 aliphatic heterocycles. The van der Waals surface area contributed by atoms with Gasteiger partial charge >= 0.3 is 12.1 Å². The third-order valence-corrected chi connectivity index (χ3v) is 3.23. The fourth-order valence-electron chi connectivity index (χ4n) is 2.13. The maximum atomic E-state index is 12.3. The average molecular weight is 276 g/mol. The summed E-state index contributed by atoms with van der Waals surface area (Å²) in [7, 11) is 0. The molecule has 0 spiro atoms. The van der Waals surface area contributed by atoms with Crippen molar-refractivity contribution >= 4 is 23.3 Å². The average Bonchev–Trinajstić information content (AvgIpc) is 2.90. The highest BCUT2D eigenvalue weighted by Gasteiger charge is 2.26. The first-order chi connectivity index (χ1) is 9.66. The van der Waals surface area contributed by atoms with Crippen molar-refractivity contribution in [3.63, 3.8) is 0 Å². The van der Waals surface area contributed by atoms with Gasteiger partial charge in [0.05, 0.1) is 0 Å². The van der Waals surface area contributed by atoms with Gasteiger partial charge in [-0.05, 0) is 12.1 Å². The number of carboxylic acid groups (broad SMARTS) is 1. The zero-order chi connectivity index (χ0) is 14.1. The van der Waals surface area contributed by atoms with E-state index in [1.807, 2.05) is 0 Å². The lowest BCUT2D eigenvalue weighted by molar-refractivity contribution is 0.111. The summed E-state index contributed by atoms with van der Waals surface area (Å²) in [6.07, 6.45) is 0.616. The number of fused-ring (bicyclic) bond motifs is 1. The number of carbonyl (C=O) groups is 2. The molecule has 0 unspecified atom stereocenters. The molecule has 1 saturated heterocycles. The highest BCUT2D eigenvalue weighted by molar-refractivity contribution is 5.86. The van der Waals surface area contributed by atoms with E-state index in [2.05, 4.69) is 15.3 Å². The monoisotopic (exact) mass is 276 g/mol. The molecule has 0 aliphatic carbocycles. The number of pyridine rings is 1. The predicted octanol–water partition coefficient (Wildman–Crippen LogP) is 0.0900. The maximum Gasteiger partial charge on any atom is 0.407 e. The molecule has 9 heteroatoms. The molecular formula is C11H12N6O3. The first-order valence-electron chi connectivity index (χ1n) is 6.10. The lowest BCUT2D eigenvalue weighted by Crippen LogP contribution is -2.51. The van der Waals surface area contributed by atoms with Crippen molar-refractivity contribution in [3.8, 4) is 0 Å². The first-order valence-corrected chi connectivity index (χ1v) is 6.10. The standard InChI is InChI=1S/C11H12N6O3/c18-10(15-4-6-16(7-5-15)11(19)20)17-8-2-1-3-12-9(8)13-14-17/h1-3H,4-7H2,(H,19,20). The van der Waals surface area contributed by atoms with Gasteiger partial charge in [0.1, 0.15) is 5.52 Å². The molecule has 20 heavy (non-hydrogen) atoms. The van der Waals surface area contributed by atoms with Crippen LogP contribution in [0.3, 0.4) is 0 Å². The SMILES string of the molecule is O=C(O)N1CCN(C(=O)n2nnc3ncccc32)CC1. The minimum absolute atomic E-state index is 0.298. The Morgan fingerprint density at radius 3 is 2.55 bits per heavy atom. The highest BCUT2D eigenvalue weighted by Crippen LogP contribution is 2.10. The lowest BCUT2D eigenvalue weighted by Gasteiger charge is -2.32. The summed E-state index contributed by atoms with van der Waals surface area (Å²) >= 11 is 0. The quantitative estimate of drug-likeness (QED) is 0.731. The van der Waals surface area contributed by atoms with Crippen LogP contribution in [0.25, 0.3) is 11.2 Å². The molecule has 0 atom stereocenters. The summed E-state index contributed by atoms with van der Waals surface area (Å²) in [5, 5.41) is 16.5. The van der Waals surface area contributed by atoms with E-state index in [0.29, 0.717) is 37.3 Å².